The highest BCUT2D eigenvalue weighted by atomic mass is 15.2. The maximum absolute atomic E-state index is 5.46. The van der Waals surface area contributed by atoms with Crippen LogP contribution in [0.5, 0.6) is 0 Å². The molecule has 1 aromatic heterocycles. The van der Waals surface area contributed by atoms with Gasteiger partial charge in [0.2, 0.25) is 0 Å². The quantitative estimate of drug-likeness (QED) is 0.779. The van der Waals surface area contributed by atoms with Gasteiger partial charge in [0.1, 0.15) is 17.5 Å². The van der Waals surface area contributed by atoms with Gasteiger partial charge in [0, 0.05) is 32.7 Å². The molecule has 0 fully saturated rings. The Kier molecular flexibility index (Phi) is 5.15. The molecule has 0 atom stereocenters. The van der Waals surface area contributed by atoms with Gasteiger partial charge in [0.15, 0.2) is 0 Å². The fourth-order valence-electron chi connectivity index (χ4n) is 1.68. The molecular formula is C12H23N5. The summed E-state index contributed by atoms with van der Waals surface area (Å²) in [6.45, 7) is 8.59. The number of nitrogens with zero attached hydrogens (tertiary/aromatic N) is 3. The van der Waals surface area contributed by atoms with Crippen LogP contribution in [0.15, 0.2) is 6.07 Å². The molecule has 0 aliphatic heterocycles. The van der Waals surface area contributed by atoms with Crippen molar-refractivity contribution < 1.29 is 0 Å². The zero-order valence-corrected chi connectivity index (χ0v) is 11.2. The number of aromatic nitrogens is 2. The molecule has 0 saturated heterocycles. The summed E-state index contributed by atoms with van der Waals surface area (Å²) in [6, 6.07) is 1.96. The first-order valence-electron chi connectivity index (χ1n) is 6.03. The third-order valence-electron chi connectivity index (χ3n) is 2.30. The first-order valence-corrected chi connectivity index (χ1v) is 6.03. The Morgan fingerprint density at radius 2 is 2.12 bits per heavy atom. The zero-order valence-electron chi connectivity index (χ0n) is 11.2. The van der Waals surface area contributed by atoms with Gasteiger partial charge in [-0.1, -0.05) is 13.8 Å². The van der Waals surface area contributed by atoms with E-state index in [2.05, 4.69) is 41.1 Å². The monoisotopic (exact) mass is 237 g/mol. The number of hydrogen-bond donors (Lipinski definition) is 2. The first kappa shape index (κ1) is 13.7. The second-order valence-electron chi connectivity index (χ2n) is 4.65. The average Bonchev–Trinajstić information content (AvgIpc) is 2.24. The Labute approximate surface area is 103 Å². The molecule has 0 aliphatic carbocycles. The van der Waals surface area contributed by atoms with Gasteiger partial charge < -0.3 is 16.0 Å². The molecule has 1 rings (SSSR count). The molecule has 3 N–H and O–H groups in total. The van der Waals surface area contributed by atoms with Gasteiger partial charge in [0.05, 0.1) is 0 Å². The van der Waals surface area contributed by atoms with Crippen molar-refractivity contribution in [1.82, 2.24) is 9.97 Å². The molecule has 1 heterocycles. The summed E-state index contributed by atoms with van der Waals surface area (Å²) >= 11 is 0. The van der Waals surface area contributed by atoms with E-state index in [4.69, 9.17) is 5.73 Å². The summed E-state index contributed by atoms with van der Waals surface area (Å²) in [5.74, 6) is 3.17. The van der Waals surface area contributed by atoms with Gasteiger partial charge in [0.25, 0.3) is 0 Å². The molecule has 0 radical (unpaired) electrons. The molecule has 0 bridgehead atoms. The van der Waals surface area contributed by atoms with Crippen LogP contribution in [-0.2, 0) is 0 Å². The second-order valence-corrected chi connectivity index (χ2v) is 4.65. The Balaban J connectivity index is 2.80. The third-order valence-corrected chi connectivity index (χ3v) is 2.30. The van der Waals surface area contributed by atoms with E-state index in [0.717, 1.165) is 30.5 Å². The average molecular weight is 237 g/mol. The van der Waals surface area contributed by atoms with Crippen LogP contribution in [0.1, 0.15) is 19.7 Å². The molecule has 1 aromatic rings. The minimum Gasteiger partial charge on any atom is -0.369 e. The predicted molar refractivity (Wildman–Crippen MR) is 72.4 cm³/mol. The zero-order chi connectivity index (χ0) is 12.8. The van der Waals surface area contributed by atoms with Gasteiger partial charge in [-0.2, -0.15) is 0 Å². The van der Waals surface area contributed by atoms with Crippen molar-refractivity contribution in [2.75, 3.05) is 36.9 Å². The Morgan fingerprint density at radius 3 is 2.71 bits per heavy atom. The highest BCUT2D eigenvalue weighted by molar-refractivity contribution is 5.48. The summed E-state index contributed by atoms with van der Waals surface area (Å²) in [5, 5.41) is 3.18. The molecular weight excluding hydrogens is 214 g/mol. The van der Waals surface area contributed by atoms with E-state index in [1.54, 1.807) is 0 Å². The molecule has 0 amide bonds. The van der Waals surface area contributed by atoms with Gasteiger partial charge in [-0.15, -0.1) is 0 Å². The van der Waals surface area contributed by atoms with Crippen molar-refractivity contribution in [3.63, 3.8) is 0 Å². The number of rotatable bonds is 6. The summed E-state index contributed by atoms with van der Waals surface area (Å²) in [5.41, 5.74) is 5.46. The van der Waals surface area contributed by atoms with E-state index < -0.39 is 0 Å². The van der Waals surface area contributed by atoms with Crippen LogP contribution in [0.4, 0.5) is 11.6 Å². The lowest BCUT2D eigenvalue weighted by Crippen LogP contribution is -2.24. The van der Waals surface area contributed by atoms with Crippen molar-refractivity contribution in [3.05, 3.63) is 11.9 Å². The Hall–Kier alpha value is -1.36. The second kappa shape index (κ2) is 6.39. The normalized spacial score (nSPS) is 10.7. The standard InChI is InChI=1S/C12H23N5/c1-9(2)8-17(4)12-7-11(14-6-5-13)15-10(3)16-12/h7,9H,5-6,8,13H2,1-4H3,(H,14,15,16). The number of hydrogen-bond acceptors (Lipinski definition) is 5. The molecule has 0 unspecified atom stereocenters. The van der Waals surface area contributed by atoms with Crippen LogP contribution in [-0.4, -0.2) is 36.6 Å². The van der Waals surface area contributed by atoms with Crippen molar-refractivity contribution in [1.29, 1.82) is 0 Å². The Morgan fingerprint density at radius 1 is 1.41 bits per heavy atom. The van der Waals surface area contributed by atoms with Crippen LogP contribution in [0.25, 0.3) is 0 Å². The van der Waals surface area contributed by atoms with Gasteiger partial charge >= 0.3 is 0 Å². The SMILES string of the molecule is Cc1nc(NCCN)cc(N(C)CC(C)C)n1. The maximum atomic E-state index is 5.46. The number of aryl methyl sites for hydroxylation is 1. The van der Waals surface area contributed by atoms with E-state index in [1.165, 1.54) is 0 Å². The molecule has 96 valence electrons. The molecule has 0 aromatic carbocycles. The van der Waals surface area contributed by atoms with Crippen molar-refractivity contribution in [2.45, 2.75) is 20.8 Å². The topological polar surface area (TPSA) is 67.1 Å². The highest BCUT2D eigenvalue weighted by Crippen LogP contribution is 2.15. The molecule has 0 saturated carbocycles. The molecule has 5 heteroatoms. The molecule has 5 nitrogen and oxygen atoms in total. The highest BCUT2D eigenvalue weighted by Gasteiger charge is 2.07. The summed E-state index contributed by atoms with van der Waals surface area (Å²) in [6.07, 6.45) is 0. The predicted octanol–water partition coefficient (Wildman–Crippen LogP) is 1.25. The fraction of sp³-hybridized carbons (Fsp3) is 0.667. The Bertz CT molecular complexity index is 351. The smallest absolute Gasteiger partial charge is 0.134 e. The lowest BCUT2D eigenvalue weighted by atomic mass is 10.2. The fourth-order valence-corrected chi connectivity index (χ4v) is 1.68. The van der Waals surface area contributed by atoms with E-state index in [1.807, 2.05) is 13.0 Å². The molecule has 0 aliphatic rings. The third kappa shape index (κ3) is 4.56. The van der Waals surface area contributed by atoms with Crippen molar-refractivity contribution in [3.8, 4) is 0 Å². The van der Waals surface area contributed by atoms with Crippen LogP contribution in [0.3, 0.4) is 0 Å². The van der Waals surface area contributed by atoms with Crippen molar-refractivity contribution in [2.24, 2.45) is 11.7 Å². The maximum Gasteiger partial charge on any atom is 0.134 e. The minimum absolute atomic E-state index is 0.597. The van der Waals surface area contributed by atoms with Crippen LogP contribution in [0.2, 0.25) is 0 Å². The lowest BCUT2D eigenvalue weighted by molar-refractivity contribution is 0.633. The van der Waals surface area contributed by atoms with Crippen LogP contribution >= 0.6 is 0 Å². The summed E-state index contributed by atoms with van der Waals surface area (Å²) in [7, 11) is 2.05. The van der Waals surface area contributed by atoms with Gasteiger partial charge in [-0.05, 0) is 12.8 Å². The largest absolute Gasteiger partial charge is 0.369 e. The summed E-state index contributed by atoms with van der Waals surface area (Å²) in [4.78, 5) is 10.9. The van der Waals surface area contributed by atoms with Crippen LogP contribution < -0.4 is 16.0 Å². The van der Waals surface area contributed by atoms with E-state index in [-0.39, 0.29) is 0 Å². The van der Waals surface area contributed by atoms with Crippen molar-refractivity contribution >= 4 is 11.6 Å². The number of nitrogens with one attached hydrogen (secondary N) is 1. The number of nitrogens with two attached hydrogens (primary N) is 1. The van der Waals surface area contributed by atoms with E-state index >= 15 is 0 Å². The molecule has 0 spiro atoms. The lowest BCUT2D eigenvalue weighted by Gasteiger charge is -2.21. The van der Waals surface area contributed by atoms with E-state index in [0.29, 0.717) is 12.5 Å². The van der Waals surface area contributed by atoms with Crippen LogP contribution in [0, 0.1) is 12.8 Å². The van der Waals surface area contributed by atoms with E-state index in [9.17, 15) is 0 Å². The summed E-state index contributed by atoms with van der Waals surface area (Å²) < 4.78 is 0. The number of anilines is 2. The van der Waals surface area contributed by atoms with Gasteiger partial charge in [-0.3, -0.25) is 0 Å². The minimum atomic E-state index is 0.597. The molecule has 17 heavy (non-hydrogen) atoms. The van der Waals surface area contributed by atoms with Gasteiger partial charge in [-0.25, -0.2) is 9.97 Å². The first-order chi connectivity index (χ1) is 8.02.